The fourth-order valence-corrected chi connectivity index (χ4v) is 5.01. The van der Waals surface area contributed by atoms with Gasteiger partial charge in [0.05, 0.1) is 10.6 Å². The fourth-order valence-electron chi connectivity index (χ4n) is 4.03. The van der Waals surface area contributed by atoms with Gasteiger partial charge in [0.2, 0.25) is 5.91 Å². The molecule has 28 heavy (non-hydrogen) atoms. The number of sulfone groups is 1. The van der Waals surface area contributed by atoms with Crippen LogP contribution in [0, 0.1) is 5.92 Å². The van der Waals surface area contributed by atoms with Crippen LogP contribution in [0.1, 0.15) is 38.5 Å². The highest BCUT2D eigenvalue weighted by molar-refractivity contribution is 7.92. The lowest BCUT2D eigenvalue weighted by Crippen LogP contribution is -2.49. The van der Waals surface area contributed by atoms with Crippen molar-refractivity contribution < 1.29 is 26.4 Å². The summed E-state index contributed by atoms with van der Waals surface area (Å²) in [6.07, 6.45) is 6.23. The van der Waals surface area contributed by atoms with Crippen molar-refractivity contribution in [3.05, 3.63) is 24.3 Å². The van der Waals surface area contributed by atoms with Crippen molar-refractivity contribution in [2.75, 3.05) is 31.1 Å². The first-order valence-corrected chi connectivity index (χ1v) is 11.1. The number of hydrogen-bond acceptors (Lipinski definition) is 4. The van der Waals surface area contributed by atoms with Crippen LogP contribution in [0.5, 0.6) is 0 Å². The molecule has 2 fully saturated rings. The number of amides is 1. The number of carbonyl (C=O) groups is 1. The van der Waals surface area contributed by atoms with Gasteiger partial charge in [-0.2, -0.15) is 13.2 Å². The van der Waals surface area contributed by atoms with E-state index in [0.717, 1.165) is 31.7 Å². The summed E-state index contributed by atoms with van der Waals surface area (Å²) in [6.45, 7) is 1.37. The molecule has 1 amide bonds. The number of halogens is 3. The molecule has 1 aliphatic heterocycles. The second-order valence-corrected chi connectivity index (χ2v) is 9.40. The van der Waals surface area contributed by atoms with Crippen LogP contribution >= 0.6 is 0 Å². The van der Waals surface area contributed by atoms with Crippen LogP contribution < -0.4 is 4.90 Å². The van der Waals surface area contributed by atoms with Gasteiger partial charge in [0, 0.05) is 32.6 Å². The van der Waals surface area contributed by atoms with Crippen LogP contribution in [0.4, 0.5) is 18.9 Å². The highest BCUT2D eigenvalue weighted by Crippen LogP contribution is 2.36. The van der Waals surface area contributed by atoms with Crippen molar-refractivity contribution in [1.82, 2.24) is 4.90 Å². The van der Waals surface area contributed by atoms with Crippen LogP contribution in [0.25, 0.3) is 0 Å². The minimum Gasteiger partial charge on any atom is -0.367 e. The molecule has 5 nitrogen and oxygen atoms in total. The minimum atomic E-state index is -5.43. The number of benzene rings is 1. The van der Waals surface area contributed by atoms with E-state index in [1.807, 2.05) is 0 Å². The van der Waals surface area contributed by atoms with Gasteiger partial charge in [-0.05, 0) is 30.9 Å². The molecule has 1 aromatic carbocycles. The molecule has 1 saturated carbocycles. The summed E-state index contributed by atoms with van der Waals surface area (Å²) in [5.41, 5.74) is -5.31. The summed E-state index contributed by atoms with van der Waals surface area (Å²) in [5, 5.41) is 0. The van der Waals surface area contributed by atoms with E-state index in [-0.39, 0.29) is 11.6 Å². The molecular weight excluding hydrogens is 393 g/mol. The molecule has 0 atom stereocenters. The second kappa shape index (κ2) is 8.31. The maximum absolute atomic E-state index is 13.0. The van der Waals surface area contributed by atoms with Crippen LogP contribution in [0.2, 0.25) is 0 Å². The Kier molecular flexibility index (Phi) is 6.21. The number of hydrogen-bond donors (Lipinski definition) is 0. The molecule has 0 N–H and O–H groups in total. The van der Waals surface area contributed by atoms with Gasteiger partial charge < -0.3 is 9.80 Å². The van der Waals surface area contributed by atoms with E-state index in [1.165, 1.54) is 24.6 Å². The molecule has 0 unspecified atom stereocenters. The highest BCUT2D eigenvalue weighted by Gasteiger charge is 2.48. The zero-order valence-electron chi connectivity index (χ0n) is 15.6. The predicted octanol–water partition coefficient (Wildman–Crippen LogP) is 3.60. The molecule has 9 heteroatoms. The average molecular weight is 418 g/mol. The Morgan fingerprint density at radius 2 is 1.61 bits per heavy atom. The molecule has 1 heterocycles. The first-order valence-electron chi connectivity index (χ1n) is 9.63. The lowest BCUT2D eigenvalue weighted by molar-refractivity contribution is -0.132. The van der Waals surface area contributed by atoms with Crippen molar-refractivity contribution in [3.63, 3.8) is 0 Å². The summed E-state index contributed by atoms with van der Waals surface area (Å²) in [6, 6.07) is 5.17. The van der Waals surface area contributed by atoms with Gasteiger partial charge in [-0.15, -0.1) is 0 Å². The molecule has 2 aliphatic rings. The van der Waals surface area contributed by atoms with Crippen molar-refractivity contribution in [3.8, 4) is 0 Å². The largest absolute Gasteiger partial charge is 0.501 e. The van der Waals surface area contributed by atoms with E-state index in [2.05, 4.69) is 0 Å². The van der Waals surface area contributed by atoms with Gasteiger partial charge in [-0.25, -0.2) is 8.42 Å². The number of piperazine rings is 1. The first kappa shape index (κ1) is 21.0. The zero-order valence-corrected chi connectivity index (χ0v) is 16.4. The standard InChI is InChI=1S/C19H25F3N2O3S/c20-19(21,22)28(26,27)17-9-5-4-8-16(17)23-10-12-24(13-11-23)18(25)14-15-6-2-1-3-7-15/h4-5,8-9,15H,1-3,6-7,10-14H2. The lowest BCUT2D eigenvalue weighted by Gasteiger charge is -2.37. The van der Waals surface area contributed by atoms with E-state index in [4.69, 9.17) is 0 Å². The Morgan fingerprint density at radius 3 is 2.21 bits per heavy atom. The van der Waals surface area contributed by atoms with Gasteiger partial charge in [0.1, 0.15) is 0 Å². The normalized spacial score (nSPS) is 19.7. The third kappa shape index (κ3) is 4.45. The number of nitrogens with zero attached hydrogens (tertiary/aromatic N) is 2. The van der Waals surface area contributed by atoms with Crippen LogP contribution in [0.3, 0.4) is 0 Å². The summed E-state index contributed by atoms with van der Waals surface area (Å²) in [7, 11) is -5.43. The second-order valence-electron chi connectivity index (χ2n) is 7.49. The molecule has 3 rings (SSSR count). The minimum absolute atomic E-state index is 0.0409. The molecule has 1 saturated heterocycles. The Morgan fingerprint density at radius 1 is 1.00 bits per heavy atom. The fraction of sp³-hybridized carbons (Fsp3) is 0.632. The highest BCUT2D eigenvalue weighted by atomic mass is 32.2. The maximum Gasteiger partial charge on any atom is 0.501 e. The lowest BCUT2D eigenvalue weighted by atomic mass is 9.86. The summed E-state index contributed by atoms with van der Waals surface area (Å²) in [4.78, 5) is 15.2. The van der Waals surface area contributed by atoms with Crippen molar-refractivity contribution >= 4 is 21.4 Å². The van der Waals surface area contributed by atoms with E-state index in [0.29, 0.717) is 38.5 Å². The summed E-state index contributed by atoms with van der Waals surface area (Å²) in [5.74, 6) is 0.514. The Labute approximate surface area is 163 Å². The molecule has 0 radical (unpaired) electrons. The molecule has 1 aromatic rings. The summed E-state index contributed by atoms with van der Waals surface area (Å²) < 4.78 is 62.8. The topological polar surface area (TPSA) is 57.7 Å². The monoisotopic (exact) mass is 418 g/mol. The van der Waals surface area contributed by atoms with Gasteiger partial charge in [0.25, 0.3) is 9.84 Å². The van der Waals surface area contributed by atoms with E-state index >= 15 is 0 Å². The summed E-state index contributed by atoms with van der Waals surface area (Å²) >= 11 is 0. The molecule has 0 spiro atoms. The third-order valence-electron chi connectivity index (χ3n) is 5.62. The SMILES string of the molecule is O=C(CC1CCCCC1)N1CCN(c2ccccc2S(=O)(=O)C(F)(F)F)CC1. The van der Waals surface area contributed by atoms with E-state index < -0.39 is 20.2 Å². The number of alkyl halides is 3. The van der Waals surface area contributed by atoms with Crippen molar-refractivity contribution in [2.24, 2.45) is 5.92 Å². The predicted molar refractivity (Wildman–Crippen MR) is 99.7 cm³/mol. The number of carbonyl (C=O) groups excluding carboxylic acids is 1. The van der Waals surface area contributed by atoms with Gasteiger partial charge in [-0.1, -0.05) is 31.4 Å². The zero-order chi connectivity index (χ0) is 20.4. The molecule has 0 bridgehead atoms. The first-order chi connectivity index (χ1) is 13.2. The molecular formula is C19H25F3N2O3S. The van der Waals surface area contributed by atoms with E-state index in [9.17, 15) is 26.4 Å². The van der Waals surface area contributed by atoms with Gasteiger partial charge in [0.15, 0.2) is 0 Å². The smallest absolute Gasteiger partial charge is 0.367 e. The molecule has 1 aliphatic carbocycles. The van der Waals surface area contributed by atoms with Crippen molar-refractivity contribution in [2.45, 2.75) is 48.9 Å². The van der Waals surface area contributed by atoms with Crippen LogP contribution in [-0.2, 0) is 14.6 Å². The van der Waals surface area contributed by atoms with Crippen LogP contribution in [-0.4, -0.2) is 50.9 Å². The Balaban J connectivity index is 1.66. The van der Waals surface area contributed by atoms with Gasteiger partial charge in [-0.3, -0.25) is 4.79 Å². The number of rotatable bonds is 4. The van der Waals surface area contributed by atoms with E-state index in [1.54, 1.807) is 9.80 Å². The number of para-hydroxylation sites is 1. The Bertz CT molecular complexity index is 797. The Hall–Kier alpha value is -1.77. The quantitative estimate of drug-likeness (QED) is 0.750. The third-order valence-corrected chi connectivity index (χ3v) is 7.15. The van der Waals surface area contributed by atoms with Crippen LogP contribution in [0.15, 0.2) is 29.2 Å². The average Bonchev–Trinajstić information content (AvgIpc) is 2.68. The number of anilines is 1. The molecule has 156 valence electrons. The maximum atomic E-state index is 13.0. The molecule has 0 aromatic heterocycles. The van der Waals surface area contributed by atoms with Crippen molar-refractivity contribution in [1.29, 1.82) is 0 Å². The van der Waals surface area contributed by atoms with Gasteiger partial charge >= 0.3 is 5.51 Å².